The van der Waals surface area contributed by atoms with Crippen LogP contribution >= 0.6 is 0 Å². The number of fused-ring (bicyclic) bond motifs is 1. The van der Waals surface area contributed by atoms with Gasteiger partial charge in [-0.25, -0.2) is 18.3 Å². The zero-order chi connectivity index (χ0) is 19.7. The molecule has 0 aliphatic carbocycles. The van der Waals surface area contributed by atoms with E-state index in [0.717, 1.165) is 28.9 Å². The average Bonchev–Trinajstić information content (AvgIpc) is 3.04. The van der Waals surface area contributed by atoms with Crippen LogP contribution in [0, 0.1) is 28.4 Å². The van der Waals surface area contributed by atoms with E-state index in [0.29, 0.717) is 0 Å². The lowest BCUT2D eigenvalue weighted by atomic mass is 10.1. The number of nitrogens with one attached hydrogen (secondary N) is 1. The van der Waals surface area contributed by atoms with Crippen molar-refractivity contribution in [2.45, 2.75) is 13.3 Å². The van der Waals surface area contributed by atoms with Gasteiger partial charge in [-0.05, 0) is 19.1 Å². The number of carbonyl (C=O) groups is 1. The smallest absolute Gasteiger partial charge is 0.280 e. The van der Waals surface area contributed by atoms with Crippen LogP contribution in [0.5, 0.6) is 0 Å². The zero-order valence-corrected chi connectivity index (χ0v) is 13.7. The first-order chi connectivity index (χ1) is 12.8. The predicted octanol–water partition coefficient (Wildman–Crippen LogP) is 3.01. The fourth-order valence-corrected chi connectivity index (χ4v) is 2.47. The Kier molecular flexibility index (Phi) is 4.47. The zero-order valence-electron chi connectivity index (χ0n) is 13.7. The number of nitro benzene ring substituents is 1. The lowest BCUT2D eigenvalue weighted by molar-refractivity contribution is -0.384. The van der Waals surface area contributed by atoms with E-state index >= 15 is 0 Å². The van der Waals surface area contributed by atoms with Crippen molar-refractivity contribution < 1.29 is 18.5 Å². The van der Waals surface area contributed by atoms with Crippen LogP contribution in [0.15, 0.2) is 30.5 Å². The number of aryl methyl sites for hydroxylation is 1. The van der Waals surface area contributed by atoms with Gasteiger partial charge in [0.05, 0.1) is 22.4 Å². The Hall–Kier alpha value is -3.94. The fourth-order valence-electron chi connectivity index (χ4n) is 2.47. The summed E-state index contributed by atoms with van der Waals surface area (Å²) in [4.78, 5) is 26.7. The summed E-state index contributed by atoms with van der Waals surface area (Å²) in [5.74, 6) is -0.742. The van der Waals surface area contributed by atoms with Gasteiger partial charge in [0.2, 0.25) is 0 Å². The molecular formula is C16H10F2N6O3. The minimum atomic E-state index is -2.81. The fraction of sp³-hybridized carbons (Fsp3) is 0.125. The van der Waals surface area contributed by atoms with Gasteiger partial charge in [0.15, 0.2) is 5.65 Å². The molecule has 3 rings (SSSR count). The first kappa shape index (κ1) is 17.9. The van der Waals surface area contributed by atoms with Crippen molar-refractivity contribution in [3.05, 3.63) is 63.1 Å². The number of carbonyl (C=O) groups excluding carboxylic acids is 1. The topological polar surface area (TPSA) is 126 Å². The summed E-state index contributed by atoms with van der Waals surface area (Å²) in [6, 6.07) is 6.28. The van der Waals surface area contributed by atoms with Crippen LogP contribution in [0.1, 0.15) is 33.7 Å². The number of aromatic nitrogens is 3. The first-order valence-corrected chi connectivity index (χ1v) is 7.45. The Labute approximate surface area is 150 Å². The number of alkyl halides is 2. The minimum absolute atomic E-state index is 0.0363. The van der Waals surface area contributed by atoms with Crippen LogP contribution in [0.3, 0.4) is 0 Å². The van der Waals surface area contributed by atoms with Crippen molar-refractivity contribution in [1.29, 1.82) is 5.26 Å². The van der Waals surface area contributed by atoms with Crippen LogP contribution < -0.4 is 5.32 Å². The van der Waals surface area contributed by atoms with E-state index in [1.807, 2.05) is 0 Å². The highest BCUT2D eigenvalue weighted by Gasteiger charge is 2.21. The Bertz CT molecular complexity index is 1120. The molecule has 0 saturated heterocycles. The van der Waals surface area contributed by atoms with E-state index in [-0.39, 0.29) is 33.8 Å². The largest absolute Gasteiger partial charge is 0.321 e. The van der Waals surface area contributed by atoms with Gasteiger partial charge in [-0.15, -0.1) is 0 Å². The first-order valence-electron chi connectivity index (χ1n) is 7.45. The highest BCUT2D eigenvalue weighted by atomic mass is 19.3. The number of hydrogen-bond acceptors (Lipinski definition) is 6. The molecule has 27 heavy (non-hydrogen) atoms. The molecular weight excluding hydrogens is 362 g/mol. The van der Waals surface area contributed by atoms with Crippen LogP contribution in [-0.2, 0) is 0 Å². The van der Waals surface area contributed by atoms with Gasteiger partial charge < -0.3 is 5.32 Å². The Balaban J connectivity index is 2.01. The molecule has 0 aliphatic rings. The summed E-state index contributed by atoms with van der Waals surface area (Å²) in [6.45, 7) is 1.50. The van der Waals surface area contributed by atoms with Crippen molar-refractivity contribution in [3.63, 3.8) is 0 Å². The van der Waals surface area contributed by atoms with Crippen molar-refractivity contribution in [2.24, 2.45) is 0 Å². The Morgan fingerprint density at radius 3 is 2.78 bits per heavy atom. The number of non-ortho nitro benzene ring substituents is 1. The molecule has 1 N–H and O–H groups in total. The second kappa shape index (κ2) is 6.75. The van der Waals surface area contributed by atoms with E-state index in [4.69, 9.17) is 5.26 Å². The van der Waals surface area contributed by atoms with E-state index in [9.17, 15) is 23.7 Å². The standard InChI is InChI=1S/C16H10F2N6O3/c1-8-4-13(14(17)18)23-15(21-8)11(7-20-23)16(25)22-12-3-2-10(24(26)27)5-9(12)6-19/h2-5,7,14H,1H3,(H,22,25). The molecule has 9 nitrogen and oxygen atoms in total. The lowest BCUT2D eigenvalue weighted by Gasteiger charge is -2.07. The van der Waals surface area contributed by atoms with Gasteiger partial charge in [0, 0.05) is 17.8 Å². The van der Waals surface area contributed by atoms with E-state index in [1.165, 1.54) is 13.0 Å². The summed E-state index contributed by atoms with van der Waals surface area (Å²) in [5.41, 5.74) is -0.670. The molecule has 1 aromatic carbocycles. The summed E-state index contributed by atoms with van der Waals surface area (Å²) < 4.78 is 27.2. The molecule has 11 heteroatoms. The highest BCUT2D eigenvalue weighted by molar-refractivity contribution is 6.08. The maximum Gasteiger partial charge on any atom is 0.280 e. The van der Waals surface area contributed by atoms with E-state index in [2.05, 4.69) is 15.4 Å². The summed E-state index contributed by atoms with van der Waals surface area (Å²) in [7, 11) is 0. The SMILES string of the molecule is Cc1cc(C(F)F)n2ncc(C(=O)Nc3ccc([N+](=O)[O-])cc3C#N)c2n1. The van der Waals surface area contributed by atoms with E-state index in [1.54, 1.807) is 6.07 Å². The molecule has 0 radical (unpaired) electrons. The average molecular weight is 372 g/mol. The van der Waals surface area contributed by atoms with Crippen molar-refractivity contribution in [2.75, 3.05) is 5.32 Å². The van der Waals surface area contributed by atoms with Gasteiger partial charge in [-0.2, -0.15) is 10.4 Å². The number of nitrogens with zero attached hydrogens (tertiary/aromatic N) is 5. The molecule has 0 saturated carbocycles. The molecule has 2 heterocycles. The monoisotopic (exact) mass is 372 g/mol. The molecule has 0 aliphatic heterocycles. The highest BCUT2D eigenvalue weighted by Crippen LogP contribution is 2.24. The molecule has 136 valence electrons. The summed E-state index contributed by atoms with van der Waals surface area (Å²) in [5, 5.41) is 26.1. The van der Waals surface area contributed by atoms with E-state index < -0.39 is 22.9 Å². The second-order valence-corrected chi connectivity index (χ2v) is 5.47. The maximum atomic E-state index is 13.2. The number of hydrogen-bond donors (Lipinski definition) is 1. The third-order valence-electron chi connectivity index (χ3n) is 3.68. The third kappa shape index (κ3) is 3.28. The quantitative estimate of drug-likeness (QED) is 0.554. The molecule has 3 aromatic rings. The van der Waals surface area contributed by atoms with Crippen LogP contribution in [0.25, 0.3) is 5.65 Å². The van der Waals surface area contributed by atoms with Gasteiger partial charge in [-0.1, -0.05) is 0 Å². The number of halogens is 2. The maximum absolute atomic E-state index is 13.2. The van der Waals surface area contributed by atoms with Gasteiger partial charge >= 0.3 is 0 Å². The number of nitro groups is 1. The molecule has 0 unspecified atom stereocenters. The molecule has 0 atom stereocenters. The van der Waals surface area contributed by atoms with Crippen LogP contribution in [-0.4, -0.2) is 25.4 Å². The molecule has 2 aromatic heterocycles. The lowest BCUT2D eigenvalue weighted by Crippen LogP contribution is -2.14. The van der Waals surface area contributed by atoms with Crippen LogP contribution in [0.2, 0.25) is 0 Å². The number of anilines is 1. The van der Waals surface area contributed by atoms with Crippen molar-refractivity contribution in [1.82, 2.24) is 14.6 Å². The molecule has 1 amide bonds. The van der Waals surface area contributed by atoms with Crippen LogP contribution in [0.4, 0.5) is 20.2 Å². The Morgan fingerprint density at radius 2 is 2.15 bits per heavy atom. The number of amides is 1. The second-order valence-electron chi connectivity index (χ2n) is 5.47. The number of benzene rings is 1. The molecule has 0 fully saturated rings. The van der Waals surface area contributed by atoms with Gasteiger partial charge in [-0.3, -0.25) is 14.9 Å². The number of nitriles is 1. The predicted molar refractivity (Wildman–Crippen MR) is 88.4 cm³/mol. The van der Waals surface area contributed by atoms with Crippen molar-refractivity contribution >= 4 is 22.9 Å². The van der Waals surface area contributed by atoms with Crippen molar-refractivity contribution in [3.8, 4) is 6.07 Å². The molecule has 0 bridgehead atoms. The van der Waals surface area contributed by atoms with Gasteiger partial charge in [0.1, 0.15) is 17.3 Å². The number of rotatable bonds is 4. The Morgan fingerprint density at radius 1 is 1.41 bits per heavy atom. The summed E-state index contributed by atoms with van der Waals surface area (Å²) >= 11 is 0. The molecule has 0 spiro atoms. The third-order valence-corrected chi connectivity index (χ3v) is 3.68. The summed E-state index contributed by atoms with van der Waals surface area (Å²) in [6.07, 6.45) is -1.73. The minimum Gasteiger partial charge on any atom is -0.321 e. The van der Waals surface area contributed by atoms with Gasteiger partial charge in [0.25, 0.3) is 18.0 Å². The normalized spacial score (nSPS) is 10.8.